The van der Waals surface area contributed by atoms with E-state index in [1.54, 1.807) is 24.3 Å². The maximum atomic E-state index is 13.0. The molecule has 0 spiro atoms. The normalized spacial score (nSPS) is 17.1. The zero-order valence-electron chi connectivity index (χ0n) is 14.1. The van der Waals surface area contributed by atoms with Crippen molar-refractivity contribution in [2.24, 2.45) is 5.92 Å². The molecule has 0 bridgehead atoms. The monoisotopic (exact) mass is 336 g/mol. The lowest BCUT2D eigenvalue weighted by Crippen LogP contribution is -2.40. The molecule has 3 rings (SSSR count). The fourth-order valence-electron chi connectivity index (χ4n) is 3.44. The van der Waals surface area contributed by atoms with Crippen LogP contribution in [0.25, 0.3) is 0 Å². The highest BCUT2D eigenvalue weighted by Gasteiger charge is 2.25. The predicted octanol–water partition coefficient (Wildman–Crippen LogP) is 4.18. The Morgan fingerprint density at radius 1 is 1.20 bits per heavy atom. The van der Waals surface area contributed by atoms with Crippen molar-refractivity contribution in [2.45, 2.75) is 25.7 Å². The topological polar surface area (TPSA) is 44.1 Å². The van der Waals surface area contributed by atoms with E-state index < -0.39 is 0 Å². The first-order valence-corrected chi connectivity index (χ1v) is 8.70. The van der Waals surface area contributed by atoms with Gasteiger partial charge in [0.25, 0.3) is 5.91 Å². The molecule has 1 aliphatic heterocycles. The molecule has 25 heavy (non-hydrogen) atoms. The van der Waals surface area contributed by atoms with Gasteiger partial charge in [0.2, 0.25) is 0 Å². The zero-order chi connectivity index (χ0) is 17.6. The number of amides is 1. The Kier molecular flexibility index (Phi) is 5.45. The molecule has 4 heteroatoms. The van der Waals surface area contributed by atoms with Crippen molar-refractivity contribution < 1.29 is 9.18 Å². The number of likely N-dealkylation sites (tertiary alicyclic amines) is 1. The van der Waals surface area contributed by atoms with E-state index in [4.69, 9.17) is 0 Å². The van der Waals surface area contributed by atoms with Gasteiger partial charge < -0.3 is 4.90 Å². The minimum Gasteiger partial charge on any atom is -0.338 e. The lowest BCUT2D eigenvalue weighted by atomic mass is 9.91. The summed E-state index contributed by atoms with van der Waals surface area (Å²) in [5.74, 6) is 0.176. The van der Waals surface area contributed by atoms with Gasteiger partial charge in [-0.15, -0.1) is 0 Å². The summed E-state index contributed by atoms with van der Waals surface area (Å²) in [4.78, 5) is 14.6. The largest absolute Gasteiger partial charge is 0.338 e. The molecule has 0 N–H and O–H groups in total. The standard InChI is InChI=1S/C21H21FN2O/c22-19-11-9-16(10-12-19)7-8-17-4-3-13-24(15-17)21(25)20-6-2-1-5-18(20)14-23/h1-2,5-6,9-12,17H,3-4,7-8,13,15H2. The SMILES string of the molecule is N#Cc1ccccc1C(=O)N1CCCC(CCc2ccc(F)cc2)C1. The van der Waals surface area contributed by atoms with E-state index in [0.717, 1.165) is 44.3 Å². The van der Waals surface area contributed by atoms with Crippen LogP contribution < -0.4 is 0 Å². The summed E-state index contributed by atoms with van der Waals surface area (Å²) < 4.78 is 13.0. The van der Waals surface area contributed by atoms with Gasteiger partial charge in [-0.3, -0.25) is 4.79 Å². The molecule has 0 aliphatic carbocycles. The molecular formula is C21H21FN2O. The first kappa shape index (κ1) is 17.2. The van der Waals surface area contributed by atoms with Crippen LogP contribution in [0.2, 0.25) is 0 Å². The van der Waals surface area contributed by atoms with Gasteiger partial charge in [0, 0.05) is 13.1 Å². The van der Waals surface area contributed by atoms with Gasteiger partial charge in [0.1, 0.15) is 5.82 Å². The number of rotatable bonds is 4. The Balaban J connectivity index is 1.62. The predicted molar refractivity (Wildman–Crippen MR) is 94.5 cm³/mol. The maximum absolute atomic E-state index is 13.0. The van der Waals surface area contributed by atoms with Gasteiger partial charge in [-0.1, -0.05) is 24.3 Å². The summed E-state index contributed by atoms with van der Waals surface area (Å²) in [6.07, 6.45) is 3.95. The fraction of sp³-hybridized carbons (Fsp3) is 0.333. The second-order valence-electron chi connectivity index (χ2n) is 6.58. The summed E-state index contributed by atoms with van der Waals surface area (Å²) >= 11 is 0. The van der Waals surface area contributed by atoms with Crippen molar-refractivity contribution >= 4 is 5.91 Å². The first-order valence-electron chi connectivity index (χ1n) is 8.70. The van der Waals surface area contributed by atoms with Crippen molar-refractivity contribution in [3.05, 3.63) is 71.0 Å². The summed E-state index contributed by atoms with van der Waals surface area (Å²) in [5, 5.41) is 9.20. The second kappa shape index (κ2) is 7.94. The van der Waals surface area contributed by atoms with Gasteiger partial charge in [-0.2, -0.15) is 5.26 Å². The molecule has 0 saturated carbocycles. The molecule has 1 aliphatic rings. The van der Waals surface area contributed by atoms with Crippen molar-refractivity contribution in [1.82, 2.24) is 4.90 Å². The smallest absolute Gasteiger partial charge is 0.255 e. The molecule has 1 unspecified atom stereocenters. The Morgan fingerprint density at radius 3 is 2.72 bits per heavy atom. The first-order chi connectivity index (χ1) is 12.2. The molecule has 1 atom stereocenters. The van der Waals surface area contributed by atoms with Crippen LogP contribution in [-0.4, -0.2) is 23.9 Å². The van der Waals surface area contributed by atoms with Gasteiger partial charge >= 0.3 is 0 Å². The Hall–Kier alpha value is -2.67. The van der Waals surface area contributed by atoms with E-state index in [2.05, 4.69) is 6.07 Å². The quantitative estimate of drug-likeness (QED) is 0.840. The number of hydrogen-bond donors (Lipinski definition) is 0. The number of hydrogen-bond acceptors (Lipinski definition) is 2. The van der Waals surface area contributed by atoms with Crippen molar-refractivity contribution in [1.29, 1.82) is 5.26 Å². The van der Waals surface area contributed by atoms with Crippen LogP contribution in [0.15, 0.2) is 48.5 Å². The molecular weight excluding hydrogens is 315 g/mol. The number of carbonyl (C=O) groups is 1. The Morgan fingerprint density at radius 2 is 1.96 bits per heavy atom. The number of halogens is 1. The molecule has 0 aromatic heterocycles. The zero-order valence-corrected chi connectivity index (χ0v) is 14.1. The number of carbonyl (C=O) groups excluding carboxylic acids is 1. The van der Waals surface area contributed by atoms with E-state index in [0.29, 0.717) is 17.0 Å². The van der Waals surface area contributed by atoms with Crippen LogP contribution in [-0.2, 0) is 6.42 Å². The Labute approximate surface area is 147 Å². The second-order valence-corrected chi connectivity index (χ2v) is 6.58. The van der Waals surface area contributed by atoms with Gasteiger partial charge in [-0.25, -0.2) is 4.39 Å². The molecule has 128 valence electrons. The van der Waals surface area contributed by atoms with E-state index in [9.17, 15) is 14.4 Å². The highest BCUT2D eigenvalue weighted by molar-refractivity contribution is 5.96. The van der Waals surface area contributed by atoms with Gasteiger partial charge in [0.15, 0.2) is 0 Å². The van der Waals surface area contributed by atoms with Gasteiger partial charge in [-0.05, 0) is 61.4 Å². The third-order valence-corrected chi connectivity index (χ3v) is 4.84. The molecule has 1 saturated heterocycles. The summed E-state index contributed by atoms with van der Waals surface area (Å²) in [5.41, 5.74) is 2.05. The minimum absolute atomic E-state index is 0.0522. The van der Waals surface area contributed by atoms with E-state index >= 15 is 0 Å². The molecule has 1 amide bonds. The molecule has 0 radical (unpaired) electrons. The highest BCUT2D eigenvalue weighted by Crippen LogP contribution is 2.23. The Bertz CT molecular complexity index is 779. The van der Waals surface area contributed by atoms with Crippen molar-refractivity contribution in [3.8, 4) is 6.07 Å². The summed E-state index contributed by atoms with van der Waals surface area (Å²) in [7, 11) is 0. The van der Waals surface area contributed by atoms with E-state index in [1.807, 2.05) is 17.0 Å². The van der Waals surface area contributed by atoms with Crippen LogP contribution in [0.5, 0.6) is 0 Å². The number of aryl methyl sites for hydroxylation is 1. The fourth-order valence-corrected chi connectivity index (χ4v) is 3.44. The lowest BCUT2D eigenvalue weighted by molar-refractivity contribution is 0.0668. The molecule has 2 aromatic rings. The molecule has 1 fully saturated rings. The minimum atomic E-state index is -0.214. The van der Waals surface area contributed by atoms with Crippen LogP contribution in [0.4, 0.5) is 4.39 Å². The number of nitrogens with zero attached hydrogens (tertiary/aromatic N) is 2. The third-order valence-electron chi connectivity index (χ3n) is 4.84. The van der Waals surface area contributed by atoms with Crippen molar-refractivity contribution in [2.75, 3.05) is 13.1 Å². The number of piperidine rings is 1. The van der Waals surface area contributed by atoms with E-state index in [-0.39, 0.29) is 11.7 Å². The average Bonchev–Trinajstić information content (AvgIpc) is 2.67. The highest BCUT2D eigenvalue weighted by atomic mass is 19.1. The van der Waals surface area contributed by atoms with E-state index in [1.165, 1.54) is 12.1 Å². The third kappa shape index (κ3) is 4.24. The molecule has 1 heterocycles. The van der Waals surface area contributed by atoms with Crippen LogP contribution in [0.1, 0.15) is 40.7 Å². The van der Waals surface area contributed by atoms with Gasteiger partial charge in [0.05, 0.1) is 17.2 Å². The van der Waals surface area contributed by atoms with Crippen molar-refractivity contribution in [3.63, 3.8) is 0 Å². The summed E-state index contributed by atoms with van der Waals surface area (Å²) in [6, 6.07) is 15.7. The van der Waals surface area contributed by atoms with Crippen LogP contribution in [0, 0.1) is 23.1 Å². The van der Waals surface area contributed by atoms with Crippen LogP contribution in [0.3, 0.4) is 0 Å². The van der Waals surface area contributed by atoms with Crippen LogP contribution >= 0.6 is 0 Å². The maximum Gasteiger partial charge on any atom is 0.255 e. The summed E-state index contributed by atoms with van der Waals surface area (Å²) in [6.45, 7) is 1.46. The molecule has 2 aromatic carbocycles. The average molecular weight is 336 g/mol. The number of nitriles is 1. The number of benzene rings is 2. The lowest BCUT2D eigenvalue weighted by Gasteiger charge is -2.33. The molecule has 3 nitrogen and oxygen atoms in total.